The predicted molar refractivity (Wildman–Crippen MR) is 128 cm³/mol. The summed E-state index contributed by atoms with van der Waals surface area (Å²) >= 11 is 0. The van der Waals surface area contributed by atoms with Gasteiger partial charge in [0.2, 0.25) is 0 Å². The van der Waals surface area contributed by atoms with Crippen LogP contribution in [0.5, 0.6) is 11.5 Å². The molecule has 1 amide bonds. The van der Waals surface area contributed by atoms with Gasteiger partial charge in [-0.15, -0.1) is 0 Å². The minimum absolute atomic E-state index is 0.0915. The zero-order valence-electron chi connectivity index (χ0n) is 18.6. The highest BCUT2D eigenvalue weighted by molar-refractivity contribution is 5.98. The maximum atomic E-state index is 12.6. The number of nitriles is 1. The number of ether oxygens (including phenoxy) is 1. The first-order valence-corrected chi connectivity index (χ1v) is 10.8. The maximum Gasteiger partial charge on any atom is 0.303 e. The molecule has 4 rings (SSSR count). The average molecular weight is 453 g/mol. The van der Waals surface area contributed by atoms with Crippen LogP contribution in [-0.4, -0.2) is 22.0 Å². The van der Waals surface area contributed by atoms with E-state index in [0.717, 1.165) is 27.6 Å². The lowest BCUT2D eigenvalue weighted by Crippen LogP contribution is -2.23. The zero-order chi connectivity index (χ0) is 24.1. The number of hydrogen-bond donors (Lipinski definition) is 3. The number of aryl methyl sites for hydroxylation is 2. The van der Waals surface area contributed by atoms with Gasteiger partial charge in [0.1, 0.15) is 17.2 Å². The molecule has 3 aromatic carbocycles. The number of nitrogens with one attached hydrogen (secondary N) is 2. The highest BCUT2D eigenvalue weighted by Gasteiger charge is 2.10. The molecule has 0 atom stereocenters. The van der Waals surface area contributed by atoms with Crippen LogP contribution in [0, 0.1) is 18.3 Å². The fourth-order valence-electron chi connectivity index (χ4n) is 3.71. The largest absolute Gasteiger partial charge is 0.481 e. The minimum atomic E-state index is -0.818. The fourth-order valence-corrected chi connectivity index (χ4v) is 3.71. The van der Waals surface area contributed by atoms with Crippen molar-refractivity contribution in [1.82, 2.24) is 10.3 Å². The van der Waals surface area contributed by atoms with E-state index in [-0.39, 0.29) is 12.3 Å². The number of benzene rings is 3. The topological polar surface area (TPSA) is 115 Å². The molecule has 0 radical (unpaired) electrons. The molecule has 7 nitrogen and oxygen atoms in total. The number of carboxylic acids is 1. The van der Waals surface area contributed by atoms with Crippen LogP contribution >= 0.6 is 0 Å². The molecule has 0 bridgehead atoms. The third-order valence-corrected chi connectivity index (χ3v) is 5.50. The number of aromatic nitrogens is 1. The summed E-state index contributed by atoms with van der Waals surface area (Å²) in [6.45, 7) is 2.25. The first-order chi connectivity index (χ1) is 16.4. The van der Waals surface area contributed by atoms with Gasteiger partial charge in [-0.05, 0) is 78.6 Å². The molecule has 0 aliphatic heterocycles. The zero-order valence-corrected chi connectivity index (χ0v) is 18.6. The number of carbonyl (C=O) groups is 2. The third kappa shape index (κ3) is 5.43. The quantitative estimate of drug-likeness (QED) is 0.344. The smallest absolute Gasteiger partial charge is 0.303 e. The van der Waals surface area contributed by atoms with Crippen molar-refractivity contribution in [2.75, 3.05) is 0 Å². The summed E-state index contributed by atoms with van der Waals surface area (Å²) in [6, 6.07) is 22.1. The summed E-state index contributed by atoms with van der Waals surface area (Å²) in [5.41, 5.74) is 4.60. The molecule has 0 spiro atoms. The molecule has 170 valence electrons. The van der Waals surface area contributed by atoms with E-state index < -0.39 is 5.97 Å². The van der Waals surface area contributed by atoms with Crippen molar-refractivity contribution in [2.45, 2.75) is 26.3 Å². The molecule has 1 heterocycles. The Hall–Kier alpha value is -4.57. The number of rotatable bonds is 8. The van der Waals surface area contributed by atoms with Crippen LogP contribution < -0.4 is 10.1 Å². The van der Waals surface area contributed by atoms with Crippen LogP contribution in [-0.2, 0) is 17.8 Å². The summed E-state index contributed by atoms with van der Waals surface area (Å²) in [6.07, 6.45) is 0.570. The van der Waals surface area contributed by atoms with Crippen molar-refractivity contribution in [3.05, 3.63) is 94.7 Å². The summed E-state index contributed by atoms with van der Waals surface area (Å²) < 4.78 is 5.97. The molecule has 1 aromatic heterocycles. The molecule has 0 unspecified atom stereocenters. The van der Waals surface area contributed by atoms with Gasteiger partial charge in [-0.2, -0.15) is 5.26 Å². The van der Waals surface area contributed by atoms with Gasteiger partial charge in [0.15, 0.2) is 0 Å². The van der Waals surface area contributed by atoms with Gasteiger partial charge in [-0.25, -0.2) is 0 Å². The van der Waals surface area contributed by atoms with E-state index in [2.05, 4.69) is 16.4 Å². The standard InChI is InChI=1S/C27H23N3O4/c1-17-11-23(8-6-20(17)7-10-26(31)32)34-22-4-2-3-19(13-22)16-29-27(33)25-14-21-12-18(15-28)5-9-24(21)30-25/h2-6,8-9,11-14,30H,7,10,16H2,1H3,(H,29,33)(H,31,32). The number of H-pyrrole nitrogens is 1. The van der Waals surface area contributed by atoms with Crippen LogP contribution in [0.2, 0.25) is 0 Å². The average Bonchev–Trinajstić information content (AvgIpc) is 3.25. The molecule has 0 fully saturated rings. The lowest BCUT2D eigenvalue weighted by Gasteiger charge is -2.11. The summed E-state index contributed by atoms with van der Waals surface area (Å²) in [5.74, 6) is 0.238. The highest BCUT2D eigenvalue weighted by Crippen LogP contribution is 2.25. The number of carboxylic acid groups (broad SMARTS) is 1. The van der Waals surface area contributed by atoms with Gasteiger partial charge < -0.3 is 20.1 Å². The van der Waals surface area contributed by atoms with Gasteiger partial charge >= 0.3 is 5.97 Å². The van der Waals surface area contributed by atoms with Crippen molar-refractivity contribution in [3.63, 3.8) is 0 Å². The molecule has 0 saturated carbocycles. The highest BCUT2D eigenvalue weighted by atomic mass is 16.5. The van der Waals surface area contributed by atoms with Crippen molar-refractivity contribution in [1.29, 1.82) is 5.26 Å². The third-order valence-electron chi connectivity index (χ3n) is 5.50. The Bertz CT molecular complexity index is 1420. The molecular weight excluding hydrogens is 430 g/mol. The summed E-state index contributed by atoms with van der Waals surface area (Å²) in [7, 11) is 0. The first-order valence-electron chi connectivity index (χ1n) is 10.8. The van der Waals surface area contributed by atoms with Crippen LogP contribution in [0.1, 0.15) is 39.2 Å². The minimum Gasteiger partial charge on any atom is -0.481 e. The van der Waals surface area contributed by atoms with E-state index in [1.807, 2.05) is 49.4 Å². The normalized spacial score (nSPS) is 10.6. The van der Waals surface area contributed by atoms with Gasteiger partial charge in [0, 0.05) is 23.9 Å². The Kier molecular flexibility index (Phi) is 6.60. The van der Waals surface area contributed by atoms with E-state index in [4.69, 9.17) is 15.1 Å². The molecule has 34 heavy (non-hydrogen) atoms. The summed E-state index contributed by atoms with van der Waals surface area (Å²) in [4.78, 5) is 26.5. The van der Waals surface area contributed by atoms with Crippen LogP contribution in [0.4, 0.5) is 0 Å². The predicted octanol–water partition coefficient (Wildman–Crippen LogP) is 5.09. The SMILES string of the molecule is Cc1cc(Oc2cccc(CNC(=O)c3cc4cc(C#N)ccc4[nH]3)c2)ccc1CCC(=O)O. The number of fused-ring (bicyclic) bond motifs is 1. The molecule has 0 saturated heterocycles. The van der Waals surface area contributed by atoms with Gasteiger partial charge in [-0.1, -0.05) is 18.2 Å². The fraction of sp³-hybridized carbons (Fsp3) is 0.148. The van der Waals surface area contributed by atoms with Crippen molar-refractivity contribution >= 4 is 22.8 Å². The van der Waals surface area contributed by atoms with E-state index in [9.17, 15) is 9.59 Å². The molecule has 4 aromatic rings. The molecule has 3 N–H and O–H groups in total. The second-order valence-electron chi connectivity index (χ2n) is 8.01. The number of nitrogens with zero attached hydrogens (tertiary/aromatic N) is 1. The Morgan fingerprint density at radius 2 is 1.88 bits per heavy atom. The second kappa shape index (κ2) is 9.92. The van der Waals surface area contributed by atoms with E-state index in [1.165, 1.54) is 0 Å². The Labute approximate surface area is 196 Å². The van der Waals surface area contributed by atoms with E-state index in [0.29, 0.717) is 35.7 Å². The van der Waals surface area contributed by atoms with Crippen molar-refractivity contribution < 1.29 is 19.4 Å². The van der Waals surface area contributed by atoms with Crippen LogP contribution in [0.25, 0.3) is 10.9 Å². The van der Waals surface area contributed by atoms with Gasteiger partial charge in [-0.3, -0.25) is 9.59 Å². The van der Waals surface area contributed by atoms with Crippen molar-refractivity contribution in [2.24, 2.45) is 0 Å². The Balaban J connectivity index is 1.39. The number of amides is 1. The monoisotopic (exact) mass is 453 g/mol. The van der Waals surface area contributed by atoms with Crippen molar-refractivity contribution in [3.8, 4) is 17.6 Å². The molecular formula is C27H23N3O4. The lowest BCUT2D eigenvalue weighted by molar-refractivity contribution is -0.136. The maximum absolute atomic E-state index is 12.6. The number of aliphatic carboxylic acids is 1. The summed E-state index contributed by atoms with van der Waals surface area (Å²) in [5, 5.41) is 21.6. The van der Waals surface area contributed by atoms with Crippen LogP contribution in [0.15, 0.2) is 66.7 Å². The molecule has 7 heteroatoms. The Morgan fingerprint density at radius 3 is 2.65 bits per heavy atom. The number of carbonyl (C=O) groups excluding carboxylic acids is 1. The number of hydrogen-bond acceptors (Lipinski definition) is 4. The Morgan fingerprint density at radius 1 is 1.06 bits per heavy atom. The van der Waals surface area contributed by atoms with Crippen LogP contribution in [0.3, 0.4) is 0 Å². The van der Waals surface area contributed by atoms with E-state index >= 15 is 0 Å². The second-order valence-corrected chi connectivity index (χ2v) is 8.01. The van der Waals surface area contributed by atoms with Gasteiger partial charge in [0.25, 0.3) is 5.91 Å². The van der Waals surface area contributed by atoms with E-state index in [1.54, 1.807) is 24.3 Å². The van der Waals surface area contributed by atoms with Gasteiger partial charge in [0.05, 0.1) is 11.6 Å². The molecule has 0 aliphatic carbocycles. The molecule has 0 aliphatic rings. The first kappa shape index (κ1) is 22.6. The lowest BCUT2D eigenvalue weighted by atomic mass is 10.0. The number of aromatic amines is 1.